The number of rotatable bonds is 8. The van der Waals surface area contributed by atoms with Crippen LogP contribution in [0, 0.1) is 11.3 Å². The van der Waals surface area contributed by atoms with Crippen molar-refractivity contribution < 1.29 is 0 Å². The van der Waals surface area contributed by atoms with E-state index in [2.05, 4.69) is 27.7 Å². The monoisotopic (exact) mass is 214 g/mol. The van der Waals surface area contributed by atoms with Crippen molar-refractivity contribution in [2.75, 3.05) is 6.54 Å². The highest BCUT2D eigenvalue weighted by Crippen LogP contribution is 2.29. The van der Waals surface area contributed by atoms with Crippen molar-refractivity contribution in [2.24, 2.45) is 22.8 Å². The molecular formula is C13H30N2. The van der Waals surface area contributed by atoms with E-state index in [1.165, 1.54) is 19.3 Å². The molecule has 0 saturated carbocycles. The van der Waals surface area contributed by atoms with Crippen molar-refractivity contribution in [3.05, 3.63) is 0 Å². The molecule has 2 nitrogen and oxygen atoms in total. The van der Waals surface area contributed by atoms with Gasteiger partial charge in [-0.3, -0.25) is 0 Å². The molecule has 0 amide bonds. The molecule has 2 unspecified atom stereocenters. The Bertz CT molecular complexity index is 155. The first-order valence-corrected chi connectivity index (χ1v) is 6.40. The maximum atomic E-state index is 5.97. The fourth-order valence-electron chi connectivity index (χ4n) is 1.70. The number of hydrogen-bond donors (Lipinski definition) is 2. The standard InChI is InChI=1S/C13H30N2/c1-5-12(15)9-11(10-14)7-8-13(3,4)6-2/h11-12H,5-10,14-15H2,1-4H3. The molecule has 0 aliphatic carbocycles. The molecule has 0 bridgehead atoms. The van der Waals surface area contributed by atoms with Gasteiger partial charge in [-0.1, -0.05) is 34.1 Å². The van der Waals surface area contributed by atoms with Crippen LogP contribution in [0.2, 0.25) is 0 Å². The Morgan fingerprint density at radius 2 is 1.80 bits per heavy atom. The van der Waals surface area contributed by atoms with E-state index in [1.54, 1.807) is 0 Å². The van der Waals surface area contributed by atoms with Gasteiger partial charge in [0, 0.05) is 6.04 Å². The van der Waals surface area contributed by atoms with E-state index in [-0.39, 0.29) is 0 Å². The summed E-state index contributed by atoms with van der Waals surface area (Å²) in [6, 6.07) is 0.336. The fourth-order valence-corrected chi connectivity index (χ4v) is 1.70. The van der Waals surface area contributed by atoms with E-state index in [9.17, 15) is 0 Å². The van der Waals surface area contributed by atoms with Crippen LogP contribution in [0.15, 0.2) is 0 Å². The third-order valence-corrected chi connectivity index (χ3v) is 3.68. The summed E-state index contributed by atoms with van der Waals surface area (Å²) >= 11 is 0. The van der Waals surface area contributed by atoms with Crippen LogP contribution in [0.25, 0.3) is 0 Å². The van der Waals surface area contributed by atoms with Gasteiger partial charge in [0.1, 0.15) is 0 Å². The zero-order chi connectivity index (χ0) is 11.9. The van der Waals surface area contributed by atoms with Crippen LogP contribution in [0.3, 0.4) is 0 Å². The molecule has 0 aromatic carbocycles. The Morgan fingerprint density at radius 1 is 1.20 bits per heavy atom. The summed E-state index contributed by atoms with van der Waals surface area (Å²) in [6.45, 7) is 9.86. The van der Waals surface area contributed by atoms with Gasteiger partial charge in [-0.25, -0.2) is 0 Å². The summed E-state index contributed by atoms with van der Waals surface area (Å²) in [6.07, 6.45) is 5.89. The summed E-state index contributed by atoms with van der Waals surface area (Å²) in [5.41, 5.74) is 12.2. The maximum Gasteiger partial charge on any atom is 0.00393 e. The predicted octanol–water partition coefficient (Wildman–Crippen LogP) is 2.91. The lowest BCUT2D eigenvalue weighted by Gasteiger charge is -2.26. The van der Waals surface area contributed by atoms with E-state index >= 15 is 0 Å². The Kier molecular flexibility index (Phi) is 7.20. The highest BCUT2D eigenvalue weighted by Gasteiger charge is 2.18. The predicted molar refractivity (Wildman–Crippen MR) is 68.7 cm³/mol. The number of nitrogens with two attached hydrogens (primary N) is 2. The van der Waals surface area contributed by atoms with Crippen molar-refractivity contribution in [1.29, 1.82) is 0 Å². The minimum absolute atomic E-state index is 0.336. The third-order valence-electron chi connectivity index (χ3n) is 3.68. The Morgan fingerprint density at radius 3 is 2.20 bits per heavy atom. The number of hydrogen-bond acceptors (Lipinski definition) is 2. The molecule has 0 rings (SSSR count). The average Bonchev–Trinajstić information content (AvgIpc) is 2.23. The molecule has 0 fully saturated rings. The van der Waals surface area contributed by atoms with Gasteiger partial charge in [-0.2, -0.15) is 0 Å². The molecule has 0 aromatic rings. The lowest BCUT2D eigenvalue weighted by Crippen LogP contribution is -2.27. The molecule has 15 heavy (non-hydrogen) atoms. The topological polar surface area (TPSA) is 52.0 Å². The van der Waals surface area contributed by atoms with E-state index in [4.69, 9.17) is 11.5 Å². The van der Waals surface area contributed by atoms with Gasteiger partial charge < -0.3 is 11.5 Å². The van der Waals surface area contributed by atoms with Gasteiger partial charge in [-0.15, -0.1) is 0 Å². The zero-order valence-corrected chi connectivity index (χ0v) is 11.1. The van der Waals surface area contributed by atoms with Crippen molar-refractivity contribution in [2.45, 2.75) is 65.8 Å². The molecule has 0 spiro atoms. The van der Waals surface area contributed by atoms with Crippen molar-refractivity contribution >= 4 is 0 Å². The lowest BCUT2D eigenvalue weighted by molar-refractivity contribution is 0.272. The van der Waals surface area contributed by atoms with E-state index in [0.29, 0.717) is 17.4 Å². The molecule has 0 aliphatic rings. The first-order valence-electron chi connectivity index (χ1n) is 6.40. The summed E-state index contributed by atoms with van der Waals surface area (Å²) in [5.74, 6) is 0.616. The molecule has 2 heteroatoms. The van der Waals surface area contributed by atoms with Crippen LogP contribution in [0.1, 0.15) is 59.8 Å². The van der Waals surface area contributed by atoms with Crippen LogP contribution >= 0.6 is 0 Å². The fraction of sp³-hybridized carbons (Fsp3) is 1.00. The second-order valence-electron chi connectivity index (χ2n) is 5.56. The SMILES string of the molecule is CCC(N)CC(CN)CCC(C)(C)CC. The van der Waals surface area contributed by atoms with Crippen LogP contribution < -0.4 is 11.5 Å². The second kappa shape index (κ2) is 7.24. The van der Waals surface area contributed by atoms with E-state index in [1.807, 2.05) is 0 Å². The minimum atomic E-state index is 0.336. The van der Waals surface area contributed by atoms with E-state index < -0.39 is 0 Å². The highest BCUT2D eigenvalue weighted by molar-refractivity contribution is 4.73. The van der Waals surface area contributed by atoms with Crippen molar-refractivity contribution in [1.82, 2.24) is 0 Å². The minimum Gasteiger partial charge on any atom is -0.330 e. The molecule has 92 valence electrons. The Hall–Kier alpha value is -0.0800. The Labute approximate surface area is 95.8 Å². The molecule has 0 heterocycles. The molecule has 4 N–H and O–H groups in total. The molecule has 0 radical (unpaired) electrons. The average molecular weight is 214 g/mol. The molecule has 0 aliphatic heterocycles. The molecule has 2 atom stereocenters. The normalized spacial score (nSPS) is 16.4. The highest BCUT2D eigenvalue weighted by atomic mass is 14.6. The van der Waals surface area contributed by atoms with Gasteiger partial charge >= 0.3 is 0 Å². The maximum absolute atomic E-state index is 5.97. The molecule has 0 aromatic heterocycles. The van der Waals surface area contributed by atoms with Crippen LogP contribution in [-0.4, -0.2) is 12.6 Å². The smallest absolute Gasteiger partial charge is 0.00393 e. The quantitative estimate of drug-likeness (QED) is 0.653. The van der Waals surface area contributed by atoms with Crippen LogP contribution in [-0.2, 0) is 0 Å². The summed E-state index contributed by atoms with van der Waals surface area (Å²) in [5, 5.41) is 0. The third kappa shape index (κ3) is 6.91. The van der Waals surface area contributed by atoms with Crippen LogP contribution in [0.5, 0.6) is 0 Å². The van der Waals surface area contributed by atoms with Crippen LogP contribution in [0.4, 0.5) is 0 Å². The summed E-state index contributed by atoms with van der Waals surface area (Å²) in [4.78, 5) is 0. The van der Waals surface area contributed by atoms with Gasteiger partial charge in [0.15, 0.2) is 0 Å². The van der Waals surface area contributed by atoms with Crippen molar-refractivity contribution in [3.8, 4) is 0 Å². The zero-order valence-electron chi connectivity index (χ0n) is 11.1. The lowest BCUT2D eigenvalue weighted by atomic mass is 9.81. The molecular weight excluding hydrogens is 184 g/mol. The second-order valence-corrected chi connectivity index (χ2v) is 5.56. The Balaban J connectivity index is 3.89. The van der Waals surface area contributed by atoms with Gasteiger partial charge in [0.2, 0.25) is 0 Å². The first-order chi connectivity index (χ1) is 6.95. The summed E-state index contributed by atoms with van der Waals surface area (Å²) < 4.78 is 0. The van der Waals surface area contributed by atoms with Gasteiger partial charge in [0.25, 0.3) is 0 Å². The molecule has 0 saturated heterocycles. The van der Waals surface area contributed by atoms with Gasteiger partial charge in [-0.05, 0) is 43.6 Å². The first kappa shape index (κ1) is 14.9. The van der Waals surface area contributed by atoms with Crippen molar-refractivity contribution in [3.63, 3.8) is 0 Å². The largest absolute Gasteiger partial charge is 0.330 e. The van der Waals surface area contributed by atoms with Gasteiger partial charge in [0.05, 0.1) is 0 Å². The van der Waals surface area contributed by atoms with E-state index in [0.717, 1.165) is 19.4 Å². The summed E-state index contributed by atoms with van der Waals surface area (Å²) in [7, 11) is 0.